The Hall–Kier alpha value is -1.59. The van der Waals surface area contributed by atoms with E-state index in [1.54, 1.807) is 29.7 Å². The van der Waals surface area contributed by atoms with Crippen molar-refractivity contribution in [3.63, 3.8) is 0 Å². The molecule has 2 rings (SSSR count). The number of halogens is 1. The van der Waals surface area contributed by atoms with Crippen molar-refractivity contribution in [2.24, 2.45) is 5.73 Å². The second-order valence-corrected chi connectivity index (χ2v) is 5.45. The largest absolute Gasteiger partial charge is 0.369 e. The fraction of sp³-hybridized carbons (Fsp3) is 0.167. The van der Waals surface area contributed by atoms with Gasteiger partial charge in [-0.15, -0.1) is 11.3 Å². The van der Waals surface area contributed by atoms with Crippen molar-refractivity contribution < 1.29 is 4.79 Å². The van der Waals surface area contributed by atoms with Crippen LogP contribution in [-0.4, -0.2) is 17.4 Å². The van der Waals surface area contributed by atoms with Crippen LogP contribution in [0, 0.1) is 0 Å². The second-order valence-electron chi connectivity index (χ2n) is 3.65. The molecule has 0 bridgehead atoms. The van der Waals surface area contributed by atoms with Gasteiger partial charge in [-0.05, 0) is 30.7 Å². The highest BCUT2D eigenvalue weighted by Crippen LogP contribution is 2.21. The Labute approximate surface area is 114 Å². The lowest BCUT2D eigenvalue weighted by Crippen LogP contribution is -2.16. The number of hydrogen-bond donors (Lipinski definition) is 2. The van der Waals surface area contributed by atoms with Gasteiger partial charge in [0.15, 0.2) is 0 Å². The smallest absolute Gasteiger partial charge is 0.252 e. The molecule has 18 heavy (non-hydrogen) atoms. The van der Waals surface area contributed by atoms with E-state index in [1.165, 1.54) is 4.88 Å². The highest BCUT2D eigenvalue weighted by Gasteiger charge is 2.07. The summed E-state index contributed by atoms with van der Waals surface area (Å²) < 4.78 is 0.778. The molecule has 2 aromatic heterocycles. The van der Waals surface area contributed by atoms with Crippen LogP contribution in [0.2, 0.25) is 4.34 Å². The highest BCUT2D eigenvalue weighted by molar-refractivity contribution is 7.16. The number of amides is 1. The van der Waals surface area contributed by atoms with E-state index >= 15 is 0 Å². The topological polar surface area (TPSA) is 68.0 Å². The zero-order valence-electron chi connectivity index (χ0n) is 9.52. The number of nitrogens with two attached hydrogens (primary N) is 1. The molecule has 0 aromatic carbocycles. The molecular weight excluding hydrogens is 270 g/mol. The Morgan fingerprint density at radius 2 is 2.28 bits per heavy atom. The molecule has 2 aromatic rings. The molecule has 0 fully saturated rings. The quantitative estimate of drug-likeness (QED) is 0.885. The molecule has 1 amide bonds. The molecule has 0 saturated carbocycles. The Balaban J connectivity index is 1.96. The van der Waals surface area contributed by atoms with Crippen molar-refractivity contribution in [1.82, 2.24) is 4.98 Å². The highest BCUT2D eigenvalue weighted by atomic mass is 35.5. The molecule has 4 nitrogen and oxygen atoms in total. The van der Waals surface area contributed by atoms with Gasteiger partial charge in [-0.2, -0.15) is 0 Å². The minimum absolute atomic E-state index is 0.404. The third kappa shape index (κ3) is 3.21. The third-order valence-electron chi connectivity index (χ3n) is 2.37. The van der Waals surface area contributed by atoms with Crippen LogP contribution in [-0.2, 0) is 6.42 Å². The van der Waals surface area contributed by atoms with Crippen molar-refractivity contribution in [1.29, 1.82) is 0 Å². The van der Waals surface area contributed by atoms with Gasteiger partial charge >= 0.3 is 0 Å². The summed E-state index contributed by atoms with van der Waals surface area (Å²) in [5.74, 6) is 0.0393. The molecule has 0 unspecified atom stereocenters. The maximum Gasteiger partial charge on any atom is 0.252 e. The van der Waals surface area contributed by atoms with Gasteiger partial charge in [-0.1, -0.05) is 11.6 Å². The van der Waals surface area contributed by atoms with Crippen LogP contribution in [0.5, 0.6) is 0 Å². The van der Waals surface area contributed by atoms with E-state index in [1.807, 2.05) is 12.1 Å². The van der Waals surface area contributed by atoms with E-state index in [2.05, 4.69) is 10.3 Å². The molecule has 0 saturated heterocycles. The van der Waals surface area contributed by atoms with Gasteiger partial charge in [-0.25, -0.2) is 4.98 Å². The summed E-state index contributed by atoms with van der Waals surface area (Å²) in [5.41, 5.74) is 5.67. The number of nitrogens with zero attached hydrogens (tertiary/aromatic N) is 1. The number of primary amides is 1. The predicted octanol–water partition coefficient (Wildman–Crippen LogP) is 2.55. The summed E-state index contributed by atoms with van der Waals surface area (Å²) in [6.07, 6.45) is 2.45. The van der Waals surface area contributed by atoms with Crippen LogP contribution in [0.25, 0.3) is 0 Å². The number of rotatable bonds is 5. The molecular formula is C12H12ClN3OS. The van der Waals surface area contributed by atoms with E-state index in [4.69, 9.17) is 17.3 Å². The zero-order valence-corrected chi connectivity index (χ0v) is 11.1. The standard InChI is InChI=1S/C12H12ClN3OS/c13-10-4-3-8(18-10)5-7-16-12-9(11(14)17)2-1-6-15-12/h1-4,6H,5,7H2,(H2,14,17)(H,15,16). The van der Waals surface area contributed by atoms with Crippen LogP contribution in [0.4, 0.5) is 5.82 Å². The molecule has 0 spiro atoms. The van der Waals surface area contributed by atoms with Crippen molar-refractivity contribution in [2.75, 3.05) is 11.9 Å². The number of thiophene rings is 1. The number of nitrogens with one attached hydrogen (secondary N) is 1. The van der Waals surface area contributed by atoms with Gasteiger partial charge in [0.2, 0.25) is 0 Å². The number of aromatic nitrogens is 1. The van der Waals surface area contributed by atoms with E-state index < -0.39 is 5.91 Å². The first-order valence-corrected chi connectivity index (χ1v) is 6.59. The fourth-order valence-corrected chi connectivity index (χ4v) is 2.62. The number of carbonyl (C=O) groups excluding carboxylic acids is 1. The molecule has 0 aliphatic rings. The van der Waals surface area contributed by atoms with E-state index in [0.29, 0.717) is 17.9 Å². The molecule has 94 valence electrons. The average molecular weight is 282 g/mol. The first-order valence-electron chi connectivity index (χ1n) is 5.39. The average Bonchev–Trinajstić information content (AvgIpc) is 2.75. The lowest BCUT2D eigenvalue weighted by molar-refractivity contribution is 0.100. The van der Waals surface area contributed by atoms with E-state index in [0.717, 1.165) is 10.8 Å². The van der Waals surface area contributed by atoms with Gasteiger partial charge in [0, 0.05) is 17.6 Å². The molecule has 0 atom stereocenters. The van der Waals surface area contributed by atoms with Gasteiger partial charge in [0.05, 0.1) is 9.90 Å². The van der Waals surface area contributed by atoms with Crippen LogP contribution in [0.15, 0.2) is 30.5 Å². The van der Waals surface area contributed by atoms with Crippen molar-refractivity contribution in [3.05, 3.63) is 45.2 Å². The summed E-state index contributed by atoms with van der Waals surface area (Å²) in [5, 5.41) is 3.10. The summed E-state index contributed by atoms with van der Waals surface area (Å²) in [6.45, 7) is 0.675. The minimum Gasteiger partial charge on any atom is -0.369 e. The first kappa shape index (κ1) is 12.9. The summed E-state index contributed by atoms with van der Waals surface area (Å²) >= 11 is 7.39. The van der Waals surface area contributed by atoms with Gasteiger partial charge in [0.1, 0.15) is 5.82 Å². The third-order valence-corrected chi connectivity index (χ3v) is 3.66. The van der Waals surface area contributed by atoms with Crippen LogP contribution in [0.1, 0.15) is 15.2 Å². The predicted molar refractivity (Wildman–Crippen MR) is 74.3 cm³/mol. The molecule has 6 heteroatoms. The van der Waals surface area contributed by atoms with E-state index in [-0.39, 0.29) is 0 Å². The number of anilines is 1. The molecule has 2 heterocycles. The van der Waals surface area contributed by atoms with E-state index in [9.17, 15) is 4.79 Å². The maximum absolute atomic E-state index is 11.2. The Bertz CT molecular complexity index is 556. The molecule has 3 N–H and O–H groups in total. The van der Waals surface area contributed by atoms with Gasteiger partial charge in [-0.3, -0.25) is 4.79 Å². The molecule has 0 aliphatic carbocycles. The molecule has 0 aliphatic heterocycles. The Kier molecular flexibility index (Phi) is 4.17. The van der Waals surface area contributed by atoms with Crippen molar-refractivity contribution in [2.45, 2.75) is 6.42 Å². The van der Waals surface area contributed by atoms with Crippen molar-refractivity contribution in [3.8, 4) is 0 Å². The zero-order chi connectivity index (χ0) is 13.0. The fourth-order valence-electron chi connectivity index (χ4n) is 1.54. The number of carbonyl (C=O) groups is 1. The summed E-state index contributed by atoms with van der Waals surface area (Å²) in [4.78, 5) is 16.5. The van der Waals surface area contributed by atoms with Crippen LogP contribution >= 0.6 is 22.9 Å². The lowest BCUT2D eigenvalue weighted by atomic mass is 10.2. The van der Waals surface area contributed by atoms with Gasteiger partial charge in [0.25, 0.3) is 5.91 Å². The SMILES string of the molecule is NC(=O)c1cccnc1NCCc1ccc(Cl)s1. The first-order chi connectivity index (χ1) is 8.66. The van der Waals surface area contributed by atoms with Crippen molar-refractivity contribution >= 4 is 34.7 Å². The number of pyridine rings is 1. The normalized spacial score (nSPS) is 10.3. The second kappa shape index (κ2) is 5.84. The lowest BCUT2D eigenvalue weighted by Gasteiger charge is -2.07. The van der Waals surface area contributed by atoms with Crippen LogP contribution in [0.3, 0.4) is 0 Å². The summed E-state index contributed by atoms with van der Waals surface area (Å²) in [7, 11) is 0. The van der Waals surface area contributed by atoms with Crippen LogP contribution < -0.4 is 11.1 Å². The minimum atomic E-state index is -0.482. The number of hydrogen-bond acceptors (Lipinski definition) is 4. The van der Waals surface area contributed by atoms with Gasteiger partial charge < -0.3 is 11.1 Å². The maximum atomic E-state index is 11.2. The monoisotopic (exact) mass is 281 g/mol. The molecule has 0 radical (unpaired) electrons. The Morgan fingerprint density at radius 3 is 2.94 bits per heavy atom. The summed E-state index contributed by atoms with van der Waals surface area (Å²) in [6, 6.07) is 7.20. The Morgan fingerprint density at radius 1 is 1.44 bits per heavy atom.